The van der Waals surface area contributed by atoms with Crippen molar-refractivity contribution in [3.05, 3.63) is 23.9 Å². The number of hydrogen-bond acceptors (Lipinski definition) is 6. The fraction of sp³-hybridized carbons (Fsp3) is 0.704. The van der Waals surface area contributed by atoms with Crippen LogP contribution in [0.1, 0.15) is 57.9 Å². The van der Waals surface area contributed by atoms with Gasteiger partial charge in [-0.25, -0.2) is 4.98 Å². The molecule has 35 heavy (non-hydrogen) atoms. The van der Waals surface area contributed by atoms with Gasteiger partial charge in [0.05, 0.1) is 29.5 Å². The van der Waals surface area contributed by atoms with Crippen LogP contribution in [0.25, 0.3) is 0 Å². The summed E-state index contributed by atoms with van der Waals surface area (Å²) in [6, 6.07) is 6.78. The van der Waals surface area contributed by atoms with E-state index < -0.39 is 16.9 Å². The number of carboxylic acid groups (broad SMARTS) is 1. The SMILES string of the molecule is Cc1ccc(N2CCN(C(C)(CC#N)C(N)=NC3C4CC5CC3CC(C(=O)O)(C5)C4)C(C)C2)nc1. The summed E-state index contributed by atoms with van der Waals surface area (Å²) in [6.45, 7) is 8.67. The number of nitrogens with zero attached hydrogens (tertiary/aromatic N) is 5. The first-order chi connectivity index (χ1) is 16.6. The van der Waals surface area contributed by atoms with Crippen molar-refractivity contribution in [3.63, 3.8) is 0 Å². The Labute approximate surface area is 208 Å². The summed E-state index contributed by atoms with van der Waals surface area (Å²) in [7, 11) is 0. The Hall–Kier alpha value is -2.66. The number of carbonyl (C=O) groups is 1. The van der Waals surface area contributed by atoms with E-state index in [-0.39, 0.29) is 30.3 Å². The minimum Gasteiger partial charge on any atom is -0.481 e. The molecule has 188 valence electrons. The van der Waals surface area contributed by atoms with Crippen LogP contribution in [0, 0.1) is 41.4 Å². The summed E-state index contributed by atoms with van der Waals surface area (Å²) in [4.78, 5) is 26.5. The molecule has 1 saturated heterocycles. The van der Waals surface area contributed by atoms with Gasteiger partial charge in [-0.1, -0.05) is 6.07 Å². The highest BCUT2D eigenvalue weighted by molar-refractivity contribution is 5.90. The van der Waals surface area contributed by atoms with Crippen LogP contribution in [0.3, 0.4) is 0 Å². The molecular weight excluding hydrogens is 440 g/mol. The first kappa shape index (κ1) is 24.1. The first-order valence-electron chi connectivity index (χ1n) is 13.0. The molecule has 3 N–H and O–H groups in total. The van der Waals surface area contributed by atoms with Gasteiger partial charge in [0.15, 0.2) is 0 Å². The number of nitriles is 1. The lowest BCUT2D eigenvalue weighted by molar-refractivity contribution is -0.166. The molecule has 4 unspecified atom stereocenters. The molecule has 2 heterocycles. The van der Waals surface area contributed by atoms with Gasteiger partial charge in [-0.05, 0) is 82.3 Å². The van der Waals surface area contributed by atoms with E-state index in [1.54, 1.807) is 0 Å². The topological polar surface area (TPSA) is 119 Å². The third kappa shape index (κ3) is 4.08. The van der Waals surface area contributed by atoms with Gasteiger partial charge in [0.25, 0.3) is 0 Å². The van der Waals surface area contributed by atoms with Crippen LogP contribution in [0.15, 0.2) is 23.3 Å². The Morgan fingerprint density at radius 2 is 2.03 bits per heavy atom. The van der Waals surface area contributed by atoms with Crippen molar-refractivity contribution in [3.8, 4) is 6.07 Å². The summed E-state index contributed by atoms with van der Waals surface area (Å²) in [6.07, 6.45) is 6.54. The molecule has 1 aliphatic heterocycles. The highest BCUT2D eigenvalue weighted by Gasteiger charge is 2.59. The van der Waals surface area contributed by atoms with Gasteiger partial charge in [-0.2, -0.15) is 5.26 Å². The van der Waals surface area contributed by atoms with E-state index in [2.05, 4.69) is 46.8 Å². The van der Waals surface area contributed by atoms with E-state index in [9.17, 15) is 15.2 Å². The number of anilines is 1. The number of amidine groups is 1. The van der Waals surface area contributed by atoms with Crippen molar-refractivity contribution >= 4 is 17.6 Å². The Balaban J connectivity index is 1.36. The molecule has 5 fully saturated rings. The molecule has 0 aromatic carbocycles. The summed E-state index contributed by atoms with van der Waals surface area (Å²) < 4.78 is 0. The third-order valence-electron chi connectivity index (χ3n) is 9.42. The van der Waals surface area contributed by atoms with Crippen LogP contribution in [0.2, 0.25) is 0 Å². The number of piperazine rings is 1. The van der Waals surface area contributed by atoms with Crippen LogP contribution in [-0.2, 0) is 4.79 Å². The lowest BCUT2D eigenvalue weighted by Gasteiger charge is -2.57. The molecule has 6 rings (SSSR count). The average molecular weight is 479 g/mol. The maximum Gasteiger partial charge on any atom is 0.309 e. The van der Waals surface area contributed by atoms with Gasteiger partial charge in [-0.3, -0.25) is 14.7 Å². The first-order valence-corrected chi connectivity index (χ1v) is 13.0. The molecule has 0 spiro atoms. The molecule has 4 saturated carbocycles. The zero-order chi connectivity index (χ0) is 25.0. The number of hydrogen-bond donors (Lipinski definition) is 2. The minimum absolute atomic E-state index is 0.0744. The largest absolute Gasteiger partial charge is 0.481 e. The predicted octanol–water partition coefficient (Wildman–Crippen LogP) is 3.21. The zero-order valence-corrected chi connectivity index (χ0v) is 21.2. The van der Waals surface area contributed by atoms with Crippen molar-refractivity contribution in [1.29, 1.82) is 5.26 Å². The van der Waals surface area contributed by atoms with Crippen LogP contribution in [0.4, 0.5) is 5.82 Å². The second-order valence-corrected chi connectivity index (χ2v) is 11.9. The van der Waals surface area contributed by atoms with Crippen molar-refractivity contribution in [2.75, 3.05) is 24.5 Å². The van der Waals surface area contributed by atoms with Gasteiger partial charge < -0.3 is 15.7 Å². The van der Waals surface area contributed by atoms with E-state index >= 15 is 0 Å². The Morgan fingerprint density at radius 1 is 1.31 bits per heavy atom. The molecule has 5 aliphatic rings. The monoisotopic (exact) mass is 478 g/mol. The van der Waals surface area contributed by atoms with Gasteiger partial charge in [0.1, 0.15) is 11.7 Å². The molecule has 8 nitrogen and oxygen atoms in total. The molecule has 4 atom stereocenters. The van der Waals surface area contributed by atoms with Crippen LogP contribution in [0.5, 0.6) is 0 Å². The number of carboxylic acids is 1. The smallest absolute Gasteiger partial charge is 0.309 e. The predicted molar refractivity (Wildman–Crippen MR) is 135 cm³/mol. The maximum absolute atomic E-state index is 12.1. The van der Waals surface area contributed by atoms with Crippen LogP contribution >= 0.6 is 0 Å². The Morgan fingerprint density at radius 3 is 2.60 bits per heavy atom. The fourth-order valence-corrected chi connectivity index (χ4v) is 7.81. The number of aliphatic carboxylic acids is 1. The van der Waals surface area contributed by atoms with Crippen LogP contribution in [-0.4, -0.2) is 64.1 Å². The molecule has 4 aliphatic carbocycles. The van der Waals surface area contributed by atoms with Crippen LogP contribution < -0.4 is 10.6 Å². The number of aromatic nitrogens is 1. The number of aliphatic imine (C=N–C) groups is 1. The number of aryl methyl sites for hydroxylation is 1. The maximum atomic E-state index is 12.1. The normalized spacial score (nSPS) is 36.6. The zero-order valence-electron chi connectivity index (χ0n) is 21.2. The number of rotatable bonds is 6. The lowest BCUT2D eigenvalue weighted by Crippen LogP contribution is -2.65. The third-order valence-corrected chi connectivity index (χ3v) is 9.42. The summed E-state index contributed by atoms with van der Waals surface area (Å²) in [5.74, 6) is 1.95. The number of nitrogens with two attached hydrogens (primary N) is 1. The van der Waals surface area contributed by atoms with E-state index in [0.29, 0.717) is 24.6 Å². The minimum atomic E-state index is -0.653. The van der Waals surface area contributed by atoms with Crippen molar-refractivity contribution in [1.82, 2.24) is 9.88 Å². The highest BCUT2D eigenvalue weighted by atomic mass is 16.4. The van der Waals surface area contributed by atoms with Gasteiger partial charge >= 0.3 is 5.97 Å². The number of pyridine rings is 1. The second kappa shape index (κ2) is 8.77. The average Bonchev–Trinajstić information content (AvgIpc) is 2.81. The molecule has 4 bridgehead atoms. The van der Waals surface area contributed by atoms with E-state index in [1.807, 2.05) is 13.1 Å². The summed E-state index contributed by atoms with van der Waals surface area (Å²) >= 11 is 0. The molecule has 1 aromatic heterocycles. The Kier molecular flexibility index (Phi) is 6.03. The summed E-state index contributed by atoms with van der Waals surface area (Å²) in [5.41, 5.74) is 6.72. The molecule has 0 amide bonds. The van der Waals surface area contributed by atoms with Crippen molar-refractivity contribution in [2.45, 2.75) is 76.9 Å². The second-order valence-electron chi connectivity index (χ2n) is 11.9. The lowest BCUT2D eigenvalue weighted by atomic mass is 9.48. The van der Waals surface area contributed by atoms with Crippen molar-refractivity contribution < 1.29 is 9.90 Å². The quantitative estimate of drug-likeness (QED) is 0.476. The van der Waals surface area contributed by atoms with Gasteiger partial charge in [0, 0.05) is 31.9 Å². The van der Waals surface area contributed by atoms with Gasteiger partial charge in [0.2, 0.25) is 0 Å². The molecule has 8 heteroatoms. The molecule has 0 radical (unpaired) electrons. The van der Waals surface area contributed by atoms with Crippen molar-refractivity contribution in [2.24, 2.45) is 33.9 Å². The van der Waals surface area contributed by atoms with E-state index in [1.165, 1.54) is 0 Å². The highest BCUT2D eigenvalue weighted by Crippen LogP contribution is 2.61. The standard InChI is InChI=1S/C27H38N6O2/c1-17-4-5-22(30-15-17)32-8-9-33(18(2)16-32)26(3,6-7-28)24(29)31-23-20-10-19-11-21(23)14-27(12-19,13-20)25(34)35/h4-5,15,18-21,23H,6,8-14,16H2,1-3H3,(H2,29,31)(H,34,35). The molecule has 1 aromatic rings. The van der Waals surface area contributed by atoms with E-state index in [4.69, 9.17) is 10.7 Å². The summed E-state index contributed by atoms with van der Waals surface area (Å²) in [5, 5.41) is 19.7. The fourth-order valence-electron chi connectivity index (χ4n) is 7.81. The Bertz CT molecular complexity index is 1030. The molecular formula is C27H38N6O2. The van der Waals surface area contributed by atoms with E-state index in [0.717, 1.165) is 50.3 Å². The van der Waals surface area contributed by atoms with Gasteiger partial charge in [-0.15, -0.1) is 0 Å².